The van der Waals surface area contributed by atoms with Gasteiger partial charge in [-0.05, 0) is 25.1 Å². The summed E-state index contributed by atoms with van der Waals surface area (Å²) in [5, 5.41) is 20.6. The summed E-state index contributed by atoms with van der Waals surface area (Å²) in [5.41, 5.74) is 4.87. The van der Waals surface area contributed by atoms with Crippen LogP contribution in [-0.2, 0) is 4.79 Å². The molecule has 5 N–H and O–H groups in total. The molecule has 1 aromatic carbocycles. The molecular formula is C12H15N3O5. The molecule has 1 aromatic rings. The normalized spacial score (nSPS) is 9.85. The number of hydrogen-bond donors (Lipinski definition) is 4. The lowest BCUT2D eigenvalue weighted by atomic mass is 10.2. The number of rotatable bonds is 5. The Hall–Kier alpha value is -2.77. The van der Waals surface area contributed by atoms with Crippen LogP contribution < -0.4 is 11.1 Å². The number of carbonyl (C=O) groups is 3. The first kappa shape index (κ1) is 15.3. The van der Waals surface area contributed by atoms with E-state index in [4.69, 9.17) is 10.8 Å². The predicted molar refractivity (Wildman–Crippen MR) is 70.5 cm³/mol. The number of nitrogens with one attached hydrogen (secondary N) is 1. The van der Waals surface area contributed by atoms with Crippen LogP contribution in [0, 0.1) is 0 Å². The first-order chi connectivity index (χ1) is 9.35. The molecule has 0 aliphatic carbocycles. The second kappa shape index (κ2) is 6.41. The Labute approximate surface area is 114 Å². The molecule has 0 aliphatic heterocycles. The molecule has 0 aromatic heterocycles. The number of phenols is 1. The van der Waals surface area contributed by atoms with E-state index < -0.39 is 23.7 Å². The van der Waals surface area contributed by atoms with Gasteiger partial charge in [-0.1, -0.05) is 0 Å². The minimum absolute atomic E-state index is 0.188. The molecule has 108 valence electrons. The van der Waals surface area contributed by atoms with E-state index in [1.165, 1.54) is 6.07 Å². The van der Waals surface area contributed by atoms with E-state index in [0.29, 0.717) is 0 Å². The van der Waals surface area contributed by atoms with Crippen LogP contribution in [0.1, 0.15) is 17.3 Å². The van der Waals surface area contributed by atoms with Crippen LogP contribution in [0.4, 0.5) is 10.5 Å². The van der Waals surface area contributed by atoms with Gasteiger partial charge in [0.1, 0.15) is 17.9 Å². The predicted octanol–water partition coefficient (Wildman–Crippen LogP) is 0.429. The van der Waals surface area contributed by atoms with Gasteiger partial charge in [-0.3, -0.25) is 4.79 Å². The molecular weight excluding hydrogens is 266 g/mol. The minimum Gasteiger partial charge on any atom is -0.507 e. The maximum Gasteiger partial charge on any atom is 0.339 e. The van der Waals surface area contributed by atoms with Gasteiger partial charge in [0.15, 0.2) is 0 Å². The summed E-state index contributed by atoms with van der Waals surface area (Å²) in [6.07, 6.45) is 0. The van der Waals surface area contributed by atoms with Crippen molar-refractivity contribution in [2.45, 2.75) is 6.92 Å². The third kappa shape index (κ3) is 3.87. The van der Waals surface area contributed by atoms with E-state index in [9.17, 15) is 19.5 Å². The largest absolute Gasteiger partial charge is 0.507 e. The van der Waals surface area contributed by atoms with Crippen molar-refractivity contribution in [2.24, 2.45) is 5.73 Å². The smallest absolute Gasteiger partial charge is 0.339 e. The Morgan fingerprint density at radius 2 is 2.00 bits per heavy atom. The molecule has 20 heavy (non-hydrogen) atoms. The van der Waals surface area contributed by atoms with Crippen LogP contribution in [0.25, 0.3) is 0 Å². The molecule has 0 aliphatic rings. The molecule has 0 unspecified atom stereocenters. The number of amides is 3. The van der Waals surface area contributed by atoms with Gasteiger partial charge in [-0.15, -0.1) is 0 Å². The molecule has 0 heterocycles. The summed E-state index contributed by atoms with van der Waals surface area (Å²) >= 11 is 0. The fraction of sp³-hybridized carbons (Fsp3) is 0.250. The van der Waals surface area contributed by atoms with Crippen LogP contribution in [0.15, 0.2) is 18.2 Å². The first-order valence-corrected chi connectivity index (χ1v) is 5.75. The second-order valence-corrected chi connectivity index (χ2v) is 3.95. The fourth-order valence-corrected chi connectivity index (χ4v) is 1.50. The molecule has 0 radical (unpaired) electrons. The lowest BCUT2D eigenvalue weighted by molar-refractivity contribution is -0.118. The Kier molecular flexibility index (Phi) is 4.90. The molecule has 0 atom stereocenters. The first-order valence-electron chi connectivity index (χ1n) is 5.75. The maximum absolute atomic E-state index is 11.8. The van der Waals surface area contributed by atoms with Crippen molar-refractivity contribution in [3.05, 3.63) is 23.8 Å². The third-order valence-electron chi connectivity index (χ3n) is 2.49. The second-order valence-electron chi connectivity index (χ2n) is 3.95. The zero-order valence-corrected chi connectivity index (χ0v) is 10.8. The molecule has 0 saturated carbocycles. The number of primary amides is 1. The van der Waals surface area contributed by atoms with E-state index in [1.807, 2.05) is 0 Å². The number of carboxylic acids is 1. The Balaban J connectivity index is 2.87. The SMILES string of the molecule is CCN(CC(N)=O)C(=O)Nc1ccc(O)c(C(=O)O)c1. The number of benzene rings is 1. The van der Waals surface area contributed by atoms with Crippen molar-refractivity contribution in [2.75, 3.05) is 18.4 Å². The van der Waals surface area contributed by atoms with Crippen molar-refractivity contribution in [1.29, 1.82) is 0 Å². The topological polar surface area (TPSA) is 133 Å². The Bertz CT molecular complexity index is 544. The van der Waals surface area contributed by atoms with Gasteiger partial charge in [0, 0.05) is 12.2 Å². The molecule has 3 amide bonds. The van der Waals surface area contributed by atoms with Crippen molar-refractivity contribution in [3.63, 3.8) is 0 Å². The average molecular weight is 281 g/mol. The number of urea groups is 1. The van der Waals surface area contributed by atoms with Crippen molar-refractivity contribution in [1.82, 2.24) is 4.90 Å². The summed E-state index contributed by atoms with van der Waals surface area (Å²) in [7, 11) is 0. The average Bonchev–Trinajstić information content (AvgIpc) is 2.37. The summed E-state index contributed by atoms with van der Waals surface area (Å²) in [4.78, 5) is 34.7. The monoisotopic (exact) mass is 281 g/mol. The van der Waals surface area contributed by atoms with E-state index in [-0.39, 0.29) is 24.3 Å². The molecule has 0 saturated heterocycles. The molecule has 0 bridgehead atoms. The lowest BCUT2D eigenvalue weighted by Gasteiger charge is -2.19. The summed E-state index contributed by atoms with van der Waals surface area (Å²) in [6, 6.07) is 3.03. The lowest BCUT2D eigenvalue weighted by Crippen LogP contribution is -2.40. The molecule has 8 heteroatoms. The van der Waals surface area contributed by atoms with Gasteiger partial charge in [0.25, 0.3) is 0 Å². The Morgan fingerprint density at radius 1 is 1.35 bits per heavy atom. The fourth-order valence-electron chi connectivity index (χ4n) is 1.50. The van der Waals surface area contributed by atoms with Crippen LogP contribution >= 0.6 is 0 Å². The minimum atomic E-state index is -1.32. The highest BCUT2D eigenvalue weighted by Crippen LogP contribution is 2.21. The Morgan fingerprint density at radius 3 is 2.50 bits per heavy atom. The molecule has 1 rings (SSSR count). The number of carbonyl (C=O) groups excluding carboxylic acids is 2. The molecule has 8 nitrogen and oxygen atoms in total. The van der Waals surface area contributed by atoms with Crippen LogP contribution in [0.2, 0.25) is 0 Å². The van der Waals surface area contributed by atoms with Crippen molar-refractivity contribution >= 4 is 23.6 Å². The van der Waals surface area contributed by atoms with Gasteiger partial charge in [-0.25, -0.2) is 9.59 Å². The van der Waals surface area contributed by atoms with Gasteiger partial charge >= 0.3 is 12.0 Å². The van der Waals surface area contributed by atoms with E-state index >= 15 is 0 Å². The van der Waals surface area contributed by atoms with E-state index in [0.717, 1.165) is 17.0 Å². The zero-order valence-electron chi connectivity index (χ0n) is 10.8. The highest BCUT2D eigenvalue weighted by atomic mass is 16.4. The quantitative estimate of drug-likeness (QED) is 0.581. The van der Waals surface area contributed by atoms with Crippen molar-refractivity contribution in [3.8, 4) is 5.75 Å². The third-order valence-corrected chi connectivity index (χ3v) is 2.49. The summed E-state index contributed by atoms with van der Waals surface area (Å²) in [5.74, 6) is -2.37. The number of likely N-dealkylation sites (N-methyl/N-ethyl adjacent to an activating group) is 1. The summed E-state index contributed by atoms with van der Waals surface area (Å²) < 4.78 is 0. The van der Waals surface area contributed by atoms with Gasteiger partial charge < -0.3 is 26.2 Å². The number of hydrogen-bond acceptors (Lipinski definition) is 4. The van der Waals surface area contributed by atoms with Gasteiger partial charge in [-0.2, -0.15) is 0 Å². The van der Waals surface area contributed by atoms with E-state index in [2.05, 4.69) is 5.32 Å². The number of anilines is 1. The number of aromatic hydroxyl groups is 1. The number of aromatic carboxylic acids is 1. The molecule has 0 spiro atoms. The van der Waals surface area contributed by atoms with Crippen LogP contribution in [0.3, 0.4) is 0 Å². The van der Waals surface area contributed by atoms with Crippen molar-refractivity contribution < 1.29 is 24.6 Å². The summed E-state index contributed by atoms with van der Waals surface area (Å²) in [6.45, 7) is 1.69. The van der Waals surface area contributed by atoms with Crippen LogP contribution in [-0.4, -0.2) is 46.1 Å². The van der Waals surface area contributed by atoms with E-state index in [1.54, 1.807) is 6.92 Å². The highest BCUT2D eigenvalue weighted by Gasteiger charge is 2.16. The number of nitrogens with two attached hydrogens (primary N) is 1. The molecule has 0 fully saturated rings. The van der Waals surface area contributed by atoms with Crippen LogP contribution in [0.5, 0.6) is 5.75 Å². The maximum atomic E-state index is 11.8. The highest BCUT2D eigenvalue weighted by molar-refractivity contribution is 5.96. The number of carboxylic acid groups (broad SMARTS) is 1. The van der Waals surface area contributed by atoms with Gasteiger partial charge in [0.2, 0.25) is 5.91 Å². The van der Waals surface area contributed by atoms with Gasteiger partial charge in [0.05, 0.1) is 0 Å². The number of nitrogens with zero attached hydrogens (tertiary/aromatic N) is 1. The standard InChI is InChI=1S/C12H15N3O5/c1-2-15(6-10(13)17)12(20)14-7-3-4-9(16)8(5-7)11(18)19/h3-5,16H,2,6H2,1H3,(H2,13,17)(H,14,20)(H,18,19). The zero-order chi connectivity index (χ0) is 15.3.